The summed E-state index contributed by atoms with van der Waals surface area (Å²) < 4.78 is 0.690. The maximum atomic E-state index is 11.5. The zero-order chi connectivity index (χ0) is 12.8. The Morgan fingerprint density at radius 3 is 2.94 bits per heavy atom. The number of nitrogens with zero attached hydrogens (tertiary/aromatic N) is 2. The third-order valence-corrected chi connectivity index (χ3v) is 3.11. The first-order valence-electron chi connectivity index (χ1n) is 4.44. The molecule has 0 atom stereocenters. The van der Waals surface area contributed by atoms with Crippen molar-refractivity contribution in [1.82, 2.24) is 15.6 Å². The Kier molecular flexibility index (Phi) is 5.04. The predicted octanol–water partition coefficient (Wildman–Crippen LogP) is 0.859. The van der Waals surface area contributed by atoms with Gasteiger partial charge in [-0.1, -0.05) is 0 Å². The minimum absolute atomic E-state index is 0.0450. The molecule has 0 unspecified atom stereocenters. The molecular weight excluding hydrogens is 312 g/mol. The summed E-state index contributed by atoms with van der Waals surface area (Å²) in [5.41, 5.74) is 0. The fourth-order valence-electron chi connectivity index (χ4n) is 0.983. The fourth-order valence-corrected chi connectivity index (χ4v) is 2.34. The second-order valence-electron chi connectivity index (χ2n) is 2.88. The van der Waals surface area contributed by atoms with E-state index < -0.39 is 4.92 Å². The smallest absolute Gasteiger partial charge is 0.274 e. The molecule has 0 saturated carbocycles. The Morgan fingerprint density at radius 2 is 2.47 bits per heavy atom. The Morgan fingerprint density at radius 1 is 1.76 bits per heavy atom. The van der Waals surface area contributed by atoms with Crippen LogP contribution in [0.15, 0.2) is 22.1 Å². The lowest BCUT2D eigenvalue weighted by Crippen LogP contribution is -2.31. The Labute approximate surface area is 109 Å². The number of hydrogen-bond acceptors (Lipinski definition) is 6. The van der Waals surface area contributed by atoms with Gasteiger partial charge in [-0.15, -0.1) is 11.3 Å². The summed E-state index contributed by atoms with van der Waals surface area (Å²) in [5, 5.41) is 15.1. The van der Waals surface area contributed by atoms with Gasteiger partial charge in [0.15, 0.2) is 9.74 Å². The van der Waals surface area contributed by atoms with Crippen molar-refractivity contribution < 1.29 is 9.72 Å². The number of carbonyl (C=O) groups is 1. The molecule has 0 radical (unpaired) electrons. The van der Waals surface area contributed by atoms with E-state index in [0.29, 0.717) is 10.1 Å². The summed E-state index contributed by atoms with van der Waals surface area (Å²) in [4.78, 5) is 25.8. The van der Waals surface area contributed by atoms with E-state index in [2.05, 4.69) is 31.5 Å². The van der Waals surface area contributed by atoms with E-state index in [4.69, 9.17) is 0 Å². The van der Waals surface area contributed by atoms with Gasteiger partial charge in [0.2, 0.25) is 5.91 Å². The SMILES string of the molecule is CN/C(=C\[N+](=O)[O-])NC(=O)Cc1cnc(Br)s1. The van der Waals surface area contributed by atoms with Crippen LogP contribution in [-0.2, 0) is 11.2 Å². The van der Waals surface area contributed by atoms with Gasteiger partial charge in [0, 0.05) is 18.1 Å². The van der Waals surface area contributed by atoms with Crippen LogP contribution in [0.5, 0.6) is 0 Å². The van der Waals surface area contributed by atoms with E-state index in [1.54, 1.807) is 6.20 Å². The zero-order valence-corrected chi connectivity index (χ0v) is 11.2. The van der Waals surface area contributed by atoms with Crippen molar-refractivity contribution in [2.75, 3.05) is 7.05 Å². The maximum Gasteiger partial charge on any atom is 0.274 e. The molecule has 0 fully saturated rings. The molecule has 92 valence electrons. The second-order valence-corrected chi connectivity index (χ2v) is 5.27. The molecule has 17 heavy (non-hydrogen) atoms. The number of carbonyl (C=O) groups excluding carboxylic acids is 1. The van der Waals surface area contributed by atoms with Crippen molar-refractivity contribution in [3.63, 3.8) is 0 Å². The number of halogens is 1. The van der Waals surface area contributed by atoms with E-state index >= 15 is 0 Å². The lowest BCUT2D eigenvalue weighted by atomic mass is 10.3. The van der Waals surface area contributed by atoms with E-state index in [1.807, 2.05) is 0 Å². The molecule has 2 N–H and O–H groups in total. The lowest BCUT2D eigenvalue weighted by Gasteiger charge is -2.05. The highest BCUT2D eigenvalue weighted by molar-refractivity contribution is 9.11. The Hall–Kier alpha value is -1.48. The summed E-state index contributed by atoms with van der Waals surface area (Å²) in [6.45, 7) is 0. The summed E-state index contributed by atoms with van der Waals surface area (Å²) in [6, 6.07) is 0. The van der Waals surface area contributed by atoms with Crippen LogP contribution in [0.25, 0.3) is 0 Å². The van der Waals surface area contributed by atoms with Crippen LogP contribution >= 0.6 is 27.3 Å². The molecule has 0 spiro atoms. The number of hydrogen-bond donors (Lipinski definition) is 2. The lowest BCUT2D eigenvalue weighted by molar-refractivity contribution is -0.404. The molecule has 7 nitrogen and oxygen atoms in total. The third kappa shape index (κ3) is 4.91. The van der Waals surface area contributed by atoms with Gasteiger partial charge < -0.3 is 10.6 Å². The summed E-state index contributed by atoms with van der Waals surface area (Å²) in [7, 11) is 1.49. The van der Waals surface area contributed by atoms with Gasteiger partial charge in [0.25, 0.3) is 6.20 Å². The Bertz CT molecular complexity index is 459. The van der Waals surface area contributed by atoms with E-state index in [9.17, 15) is 14.9 Å². The average Bonchev–Trinajstić information content (AvgIpc) is 2.62. The number of nitrogens with one attached hydrogen (secondary N) is 2. The van der Waals surface area contributed by atoms with Gasteiger partial charge in [0.1, 0.15) is 0 Å². The highest BCUT2D eigenvalue weighted by atomic mass is 79.9. The van der Waals surface area contributed by atoms with Gasteiger partial charge in [0.05, 0.1) is 11.3 Å². The zero-order valence-electron chi connectivity index (χ0n) is 8.77. The molecule has 0 aliphatic carbocycles. The number of aromatic nitrogens is 1. The third-order valence-electron chi connectivity index (χ3n) is 1.64. The van der Waals surface area contributed by atoms with E-state index in [-0.39, 0.29) is 18.1 Å². The van der Waals surface area contributed by atoms with Crippen LogP contribution in [0.2, 0.25) is 0 Å². The minimum atomic E-state index is -0.643. The van der Waals surface area contributed by atoms with Gasteiger partial charge in [-0.05, 0) is 15.9 Å². The van der Waals surface area contributed by atoms with Gasteiger partial charge >= 0.3 is 0 Å². The average molecular weight is 321 g/mol. The monoisotopic (exact) mass is 320 g/mol. The normalized spacial score (nSPS) is 11.1. The Balaban J connectivity index is 2.57. The van der Waals surface area contributed by atoms with Crippen LogP contribution in [0.3, 0.4) is 0 Å². The van der Waals surface area contributed by atoms with Crippen molar-refractivity contribution in [3.05, 3.63) is 37.1 Å². The largest absolute Gasteiger partial charge is 0.369 e. The molecule has 9 heteroatoms. The van der Waals surface area contributed by atoms with Crippen LogP contribution in [-0.4, -0.2) is 22.9 Å². The summed E-state index contributed by atoms with van der Waals surface area (Å²) in [5.74, 6) is -0.299. The molecule has 1 rings (SSSR count). The molecule has 0 saturated heterocycles. The van der Waals surface area contributed by atoms with Gasteiger partial charge in [-0.25, -0.2) is 4.98 Å². The molecule has 0 aliphatic heterocycles. The van der Waals surface area contributed by atoms with Crippen molar-refractivity contribution in [2.24, 2.45) is 0 Å². The molecule has 0 aromatic carbocycles. The van der Waals surface area contributed by atoms with E-state index in [1.165, 1.54) is 18.4 Å². The quantitative estimate of drug-likeness (QED) is 0.619. The first-order chi connectivity index (χ1) is 8.01. The number of thiazole rings is 1. The van der Waals surface area contributed by atoms with Crippen molar-refractivity contribution >= 4 is 33.2 Å². The van der Waals surface area contributed by atoms with Gasteiger partial charge in [-0.3, -0.25) is 14.9 Å². The molecule has 0 bridgehead atoms. The number of amides is 1. The first-order valence-corrected chi connectivity index (χ1v) is 6.05. The van der Waals surface area contributed by atoms with Crippen molar-refractivity contribution in [2.45, 2.75) is 6.42 Å². The van der Waals surface area contributed by atoms with E-state index in [0.717, 1.165) is 4.88 Å². The molecule has 1 heterocycles. The number of rotatable bonds is 5. The predicted molar refractivity (Wildman–Crippen MR) is 65.8 cm³/mol. The van der Waals surface area contributed by atoms with Gasteiger partial charge in [-0.2, -0.15) is 0 Å². The highest BCUT2D eigenvalue weighted by Gasteiger charge is 2.09. The molecule has 1 aromatic heterocycles. The van der Waals surface area contributed by atoms with Crippen LogP contribution in [0, 0.1) is 10.1 Å². The molecular formula is C8H9BrN4O3S. The number of nitro groups is 1. The highest BCUT2D eigenvalue weighted by Crippen LogP contribution is 2.18. The first kappa shape index (κ1) is 13.6. The molecule has 1 amide bonds. The molecule has 0 aliphatic rings. The van der Waals surface area contributed by atoms with Crippen molar-refractivity contribution in [1.29, 1.82) is 0 Å². The second kappa shape index (κ2) is 6.30. The maximum absolute atomic E-state index is 11.5. The standard InChI is InChI=1S/C8H9BrN4O3S/c1-10-6(4-13(15)16)12-7(14)2-5-3-11-8(9)17-5/h3-4,10H,2H2,1H3,(H,12,14)/b6-4+. The van der Waals surface area contributed by atoms with Crippen LogP contribution in [0.1, 0.15) is 4.88 Å². The minimum Gasteiger partial charge on any atom is -0.369 e. The topological polar surface area (TPSA) is 97.2 Å². The summed E-state index contributed by atoms with van der Waals surface area (Å²) >= 11 is 4.52. The fraction of sp³-hybridized carbons (Fsp3) is 0.250. The molecule has 1 aromatic rings. The van der Waals surface area contributed by atoms with Crippen LogP contribution < -0.4 is 10.6 Å². The van der Waals surface area contributed by atoms with Crippen LogP contribution in [0.4, 0.5) is 0 Å². The summed E-state index contributed by atoms with van der Waals surface area (Å²) in [6.07, 6.45) is 2.39. The van der Waals surface area contributed by atoms with Crippen molar-refractivity contribution in [3.8, 4) is 0 Å².